The van der Waals surface area contributed by atoms with Crippen LogP contribution in [-0.4, -0.2) is 39.5 Å². The highest BCUT2D eigenvalue weighted by molar-refractivity contribution is 6.33. The summed E-state index contributed by atoms with van der Waals surface area (Å²) in [7, 11) is 0. The quantitative estimate of drug-likeness (QED) is 0.849. The van der Waals surface area contributed by atoms with Crippen LogP contribution in [0.1, 0.15) is 49.9 Å². The Bertz CT molecular complexity index is 518. The predicted molar refractivity (Wildman–Crippen MR) is 73.4 cm³/mol. The fourth-order valence-corrected chi connectivity index (χ4v) is 1.80. The van der Waals surface area contributed by atoms with Crippen LogP contribution in [0, 0.1) is 0 Å². The van der Waals surface area contributed by atoms with Crippen LogP contribution in [0.5, 0.6) is 0 Å². The molecule has 0 bridgehead atoms. The zero-order valence-corrected chi connectivity index (χ0v) is 13.0. The molecule has 0 aliphatic carbocycles. The van der Waals surface area contributed by atoms with Gasteiger partial charge in [-0.1, -0.05) is 25.4 Å². The lowest BCUT2D eigenvalue weighted by Gasteiger charge is -2.27. The molecule has 4 nitrogen and oxygen atoms in total. The first kappa shape index (κ1) is 17.7. The summed E-state index contributed by atoms with van der Waals surface area (Å²) in [6.07, 6.45) is -3.25. The second-order valence-corrected chi connectivity index (χ2v) is 5.63. The van der Waals surface area contributed by atoms with Crippen molar-refractivity contribution >= 4 is 17.5 Å². The Kier molecular flexibility index (Phi) is 5.55. The van der Waals surface area contributed by atoms with Gasteiger partial charge in [0.15, 0.2) is 5.69 Å². The standard InChI is InChI=1S/C13H17ClF3N3O/c1-7(2)11-18-5-9(14)10(19-11)12(21)20(8(3)4)6-13(15,16)17/h5,7-8H,6H2,1-4H3. The smallest absolute Gasteiger partial charge is 0.326 e. The number of rotatable bonds is 4. The van der Waals surface area contributed by atoms with Gasteiger partial charge in [-0.3, -0.25) is 4.79 Å². The molecule has 0 unspecified atom stereocenters. The third kappa shape index (κ3) is 4.84. The number of carbonyl (C=O) groups excluding carboxylic acids is 1. The van der Waals surface area contributed by atoms with Crippen molar-refractivity contribution in [3.8, 4) is 0 Å². The number of nitrogens with zero attached hydrogens (tertiary/aromatic N) is 3. The summed E-state index contributed by atoms with van der Waals surface area (Å²) >= 11 is 5.86. The van der Waals surface area contributed by atoms with E-state index in [2.05, 4.69) is 9.97 Å². The average Bonchev–Trinajstić information content (AvgIpc) is 2.34. The molecule has 0 aliphatic heterocycles. The third-order valence-electron chi connectivity index (χ3n) is 2.72. The van der Waals surface area contributed by atoms with Crippen molar-refractivity contribution in [3.63, 3.8) is 0 Å². The lowest BCUT2D eigenvalue weighted by atomic mass is 10.2. The van der Waals surface area contributed by atoms with E-state index < -0.39 is 24.7 Å². The first-order chi connectivity index (χ1) is 9.53. The second kappa shape index (κ2) is 6.60. The molecule has 1 heterocycles. The Labute approximate surface area is 126 Å². The zero-order chi connectivity index (χ0) is 16.4. The van der Waals surface area contributed by atoms with Gasteiger partial charge in [0.25, 0.3) is 5.91 Å². The van der Waals surface area contributed by atoms with Crippen molar-refractivity contribution < 1.29 is 18.0 Å². The Balaban J connectivity index is 3.17. The van der Waals surface area contributed by atoms with Gasteiger partial charge in [-0.2, -0.15) is 13.2 Å². The summed E-state index contributed by atoms with van der Waals surface area (Å²) in [5.41, 5.74) is -0.201. The molecule has 0 atom stereocenters. The monoisotopic (exact) mass is 323 g/mol. The van der Waals surface area contributed by atoms with Gasteiger partial charge in [0.2, 0.25) is 0 Å². The normalized spacial score (nSPS) is 12.1. The van der Waals surface area contributed by atoms with Crippen LogP contribution in [0.4, 0.5) is 13.2 Å². The van der Waals surface area contributed by atoms with Gasteiger partial charge in [0.05, 0.1) is 11.2 Å². The van der Waals surface area contributed by atoms with E-state index in [1.54, 1.807) is 0 Å². The molecule has 0 N–H and O–H groups in total. The maximum absolute atomic E-state index is 12.6. The summed E-state index contributed by atoms with van der Waals surface area (Å²) in [5.74, 6) is -0.556. The SMILES string of the molecule is CC(C)c1ncc(Cl)c(C(=O)N(CC(F)(F)F)C(C)C)n1. The van der Waals surface area contributed by atoms with E-state index >= 15 is 0 Å². The van der Waals surface area contributed by atoms with E-state index in [0.717, 1.165) is 0 Å². The highest BCUT2D eigenvalue weighted by atomic mass is 35.5. The Hall–Kier alpha value is -1.37. The minimum Gasteiger partial charge on any atom is -0.326 e. The predicted octanol–water partition coefficient (Wildman–Crippen LogP) is 3.67. The average molecular weight is 324 g/mol. The Morgan fingerprint density at radius 1 is 1.33 bits per heavy atom. The molecule has 0 spiro atoms. The molecule has 8 heteroatoms. The number of aromatic nitrogens is 2. The van der Waals surface area contributed by atoms with Crippen molar-refractivity contribution in [2.75, 3.05) is 6.54 Å². The van der Waals surface area contributed by atoms with Crippen LogP contribution in [0.2, 0.25) is 5.02 Å². The van der Waals surface area contributed by atoms with E-state index in [4.69, 9.17) is 11.6 Å². The molecule has 1 rings (SSSR count). The summed E-state index contributed by atoms with van der Waals surface area (Å²) in [6.45, 7) is 5.28. The summed E-state index contributed by atoms with van der Waals surface area (Å²) in [5, 5.41) is -0.0581. The highest BCUT2D eigenvalue weighted by Crippen LogP contribution is 2.23. The third-order valence-corrected chi connectivity index (χ3v) is 2.99. The van der Waals surface area contributed by atoms with Crippen molar-refractivity contribution in [3.05, 3.63) is 22.7 Å². The zero-order valence-electron chi connectivity index (χ0n) is 12.2. The van der Waals surface area contributed by atoms with Crippen LogP contribution in [-0.2, 0) is 0 Å². The van der Waals surface area contributed by atoms with Crippen LogP contribution in [0.25, 0.3) is 0 Å². The minimum atomic E-state index is -4.49. The second-order valence-electron chi connectivity index (χ2n) is 5.22. The molecule has 0 saturated carbocycles. The first-order valence-corrected chi connectivity index (χ1v) is 6.81. The van der Waals surface area contributed by atoms with E-state index in [9.17, 15) is 18.0 Å². The first-order valence-electron chi connectivity index (χ1n) is 6.43. The number of alkyl halides is 3. The minimum absolute atomic E-state index is 0.0581. The van der Waals surface area contributed by atoms with Gasteiger partial charge in [-0.25, -0.2) is 9.97 Å². The van der Waals surface area contributed by atoms with E-state index in [1.807, 2.05) is 13.8 Å². The summed E-state index contributed by atoms with van der Waals surface area (Å²) < 4.78 is 37.8. The summed E-state index contributed by atoms with van der Waals surface area (Å²) in [6, 6.07) is -0.632. The van der Waals surface area contributed by atoms with E-state index in [0.29, 0.717) is 10.7 Å². The molecule has 0 fully saturated rings. The molecule has 118 valence electrons. The molecule has 0 aliphatic rings. The van der Waals surface area contributed by atoms with E-state index in [1.165, 1.54) is 20.0 Å². The van der Waals surface area contributed by atoms with Gasteiger partial charge >= 0.3 is 6.18 Å². The Morgan fingerprint density at radius 2 is 1.90 bits per heavy atom. The lowest BCUT2D eigenvalue weighted by Crippen LogP contribution is -2.43. The fraction of sp³-hybridized carbons (Fsp3) is 0.615. The number of hydrogen-bond acceptors (Lipinski definition) is 3. The largest absolute Gasteiger partial charge is 0.406 e. The molecule has 0 saturated heterocycles. The Morgan fingerprint density at radius 3 is 2.33 bits per heavy atom. The van der Waals surface area contributed by atoms with Crippen LogP contribution in [0.3, 0.4) is 0 Å². The van der Waals surface area contributed by atoms with Gasteiger partial charge in [-0.05, 0) is 13.8 Å². The number of amides is 1. The fourth-order valence-electron chi connectivity index (χ4n) is 1.63. The van der Waals surface area contributed by atoms with Gasteiger partial charge in [0, 0.05) is 12.0 Å². The van der Waals surface area contributed by atoms with Crippen molar-refractivity contribution in [2.45, 2.75) is 45.8 Å². The number of halogens is 4. The maximum Gasteiger partial charge on any atom is 0.406 e. The highest BCUT2D eigenvalue weighted by Gasteiger charge is 2.35. The van der Waals surface area contributed by atoms with Crippen molar-refractivity contribution in [1.29, 1.82) is 0 Å². The molecule has 1 aromatic heterocycles. The molecular formula is C13H17ClF3N3O. The van der Waals surface area contributed by atoms with Crippen LogP contribution < -0.4 is 0 Å². The molecule has 0 aromatic carbocycles. The number of carbonyl (C=O) groups is 1. The topological polar surface area (TPSA) is 46.1 Å². The van der Waals surface area contributed by atoms with Crippen LogP contribution >= 0.6 is 11.6 Å². The van der Waals surface area contributed by atoms with Crippen molar-refractivity contribution in [2.24, 2.45) is 0 Å². The van der Waals surface area contributed by atoms with Gasteiger partial charge in [0.1, 0.15) is 12.4 Å². The van der Waals surface area contributed by atoms with E-state index in [-0.39, 0.29) is 16.6 Å². The molecular weight excluding hydrogens is 307 g/mol. The van der Waals surface area contributed by atoms with Gasteiger partial charge in [-0.15, -0.1) is 0 Å². The molecule has 0 radical (unpaired) electrons. The number of hydrogen-bond donors (Lipinski definition) is 0. The molecule has 1 amide bonds. The molecule has 1 aromatic rings. The van der Waals surface area contributed by atoms with Gasteiger partial charge < -0.3 is 4.90 Å². The maximum atomic E-state index is 12.6. The summed E-state index contributed by atoms with van der Waals surface area (Å²) in [4.78, 5) is 21.0. The van der Waals surface area contributed by atoms with Crippen LogP contribution in [0.15, 0.2) is 6.20 Å². The molecule has 21 heavy (non-hydrogen) atoms. The van der Waals surface area contributed by atoms with Crippen molar-refractivity contribution in [1.82, 2.24) is 14.9 Å². The lowest BCUT2D eigenvalue weighted by molar-refractivity contribution is -0.143.